The van der Waals surface area contributed by atoms with E-state index in [0.29, 0.717) is 9.27 Å². The summed E-state index contributed by atoms with van der Waals surface area (Å²) in [5.74, 6) is -0.540. The fourth-order valence-corrected chi connectivity index (χ4v) is 8.02. The van der Waals surface area contributed by atoms with Crippen LogP contribution in [0.3, 0.4) is 0 Å². The van der Waals surface area contributed by atoms with Crippen LogP contribution in [0.1, 0.15) is 21.5 Å². The van der Waals surface area contributed by atoms with Crippen LogP contribution in [0, 0.1) is 13.8 Å². The first-order valence-electron chi connectivity index (χ1n) is 12.6. The number of ether oxygens (including phenoxy) is 1. The topological polar surface area (TPSA) is 128 Å². The molecule has 0 saturated heterocycles. The van der Waals surface area contributed by atoms with Crippen molar-refractivity contribution in [2.24, 2.45) is 0 Å². The van der Waals surface area contributed by atoms with E-state index >= 15 is 0 Å². The average molecular weight is 604 g/mol. The summed E-state index contributed by atoms with van der Waals surface area (Å²) in [4.78, 5) is 24.2. The lowest BCUT2D eigenvalue weighted by Gasteiger charge is -2.24. The van der Waals surface area contributed by atoms with Gasteiger partial charge in [-0.2, -0.15) is 3.71 Å². The highest BCUT2D eigenvalue weighted by molar-refractivity contribution is 8.10. The molecule has 0 radical (unpaired) electrons. The Morgan fingerprint density at radius 2 is 1.24 bits per heavy atom. The van der Waals surface area contributed by atoms with Crippen LogP contribution in [-0.2, 0) is 24.8 Å². The van der Waals surface area contributed by atoms with Crippen molar-refractivity contribution >= 4 is 42.7 Å². The first-order chi connectivity index (χ1) is 19.9. The van der Waals surface area contributed by atoms with Crippen molar-refractivity contribution in [3.05, 3.63) is 124 Å². The molecule has 5 rings (SSSR count). The predicted molar refractivity (Wildman–Crippen MR) is 158 cm³/mol. The monoisotopic (exact) mass is 603 g/mol. The van der Waals surface area contributed by atoms with Gasteiger partial charge in [-0.25, -0.2) is 26.4 Å². The van der Waals surface area contributed by atoms with Crippen LogP contribution in [0.5, 0.6) is 0 Å². The van der Waals surface area contributed by atoms with E-state index in [-0.39, 0.29) is 37.6 Å². The predicted octanol–water partition coefficient (Wildman–Crippen LogP) is 5.45. The van der Waals surface area contributed by atoms with Crippen molar-refractivity contribution in [2.75, 3.05) is 10.8 Å². The zero-order valence-electron chi connectivity index (χ0n) is 22.8. The summed E-state index contributed by atoms with van der Waals surface area (Å²) in [5, 5.41) is 0.280. The number of carbonyl (C=O) groups excluding carboxylic acids is 1. The molecule has 0 saturated carbocycles. The Bertz CT molecular complexity index is 2010. The van der Waals surface area contributed by atoms with E-state index in [1.807, 2.05) is 0 Å². The Morgan fingerprint density at radius 1 is 0.714 bits per heavy atom. The SMILES string of the molecule is COC(=O)c1ccc(-c2cc3cc(N(S(=O)(=O)c4ccc(C)cc4)S(=O)(=O)c4ccc(C)cc4)ccc3oc2=O)cc1. The second-order valence-electron chi connectivity index (χ2n) is 9.57. The van der Waals surface area contributed by atoms with Gasteiger partial charge in [0.15, 0.2) is 0 Å². The Balaban J connectivity index is 1.70. The molecule has 1 aromatic heterocycles. The number of carbonyl (C=O) groups is 1. The molecule has 0 spiro atoms. The number of fused-ring (bicyclic) bond motifs is 1. The van der Waals surface area contributed by atoms with E-state index < -0.39 is 31.6 Å². The summed E-state index contributed by atoms with van der Waals surface area (Å²) in [7, 11) is -8.01. The molecule has 11 heteroatoms. The van der Waals surface area contributed by atoms with Crippen LogP contribution in [0.25, 0.3) is 22.1 Å². The summed E-state index contributed by atoms with van der Waals surface area (Å²) >= 11 is 0. The van der Waals surface area contributed by atoms with Gasteiger partial charge < -0.3 is 9.15 Å². The van der Waals surface area contributed by atoms with Crippen molar-refractivity contribution in [1.82, 2.24) is 0 Å². The van der Waals surface area contributed by atoms with Crippen molar-refractivity contribution in [3.63, 3.8) is 0 Å². The Labute approximate surface area is 242 Å². The first kappa shape index (κ1) is 28.8. The molecule has 0 N–H and O–H groups in total. The highest BCUT2D eigenvalue weighted by Gasteiger charge is 2.37. The molecule has 1 heterocycles. The zero-order chi connectivity index (χ0) is 30.2. The Kier molecular flexibility index (Phi) is 7.48. The van der Waals surface area contributed by atoms with Crippen LogP contribution in [-0.4, -0.2) is 29.9 Å². The number of hydrogen-bond acceptors (Lipinski definition) is 8. The number of aryl methyl sites for hydroxylation is 2. The van der Waals surface area contributed by atoms with Gasteiger partial charge in [-0.05, 0) is 80.1 Å². The van der Waals surface area contributed by atoms with E-state index in [9.17, 15) is 26.4 Å². The number of anilines is 1. The molecule has 0 aliphatic carbocycles. The molecule has 9 nitrogen and oxygen atoms in total. The van der Waals surface area contributed by atoms with Crippen LogP contribution < -0.4 is 9.34 Å². The van der Waals surface area contributed by atoms with E-state index in [0.717, 1.165) is 11.1 Å². The number of nitrogens with zero attached hydrogens (tertiary/aromatic N) is 1. The maximum Gasteiger partial charge on any atom is 0.344 e. The van der Waals surface area contributed by atoms with Gasteiger partial charge in [0.1, 0.15) is 5.58 Å². The minimum absolute atomic E-state index is 0.124. The largest absolute Gasteiger partial charge is 0.465 e. The molecule has 0 bridgehead atoms. The minimum Gasteiger partial charge on any atom is -0.465 e. The van der Waals surface area contributed by atoms with E-state index in [1.165, 1.54) is 67.8 Å². The molecule has 0 unspecified atom stereocenters. The molecule has 5 aromatic rings. The van der Waals surface area contributed by atoms with Crippen LogP contribution in [0.15, 0.2) is 116 Å². The number of benzene rings is 4. The smallest absolute Gasteiger partial charge is 0.344 e. The van der Waals surface area contributed by atoms with Crippen LogP contribution in [0.4, 0.5) is 5.69 Å². The lowest BCUT2D eigenvalue weighted by molar-refractivity contribution is 0.0600. The fraction of sp³-hybridized carbons (Fsp3) is 0.0968. The third kappa shape index (κ3) is 5.31. The first-order valence-corrected chi connectivity index (χ1v) is 15.5. The lowest BCUT2D eigenvalue weighted by Crippen LogP contribution is -2.37. The van der Waals surface area contributed by atoms with Crippen molar-refractivity contribution < 1.29 is 30.8 Å². The fourth-order valence-electron chi connectivity index (χ4n) is 4.35. The molecule has 0 fully saturated rings. The summed E-state index contributed by atoms with van der Waals surface area (Å²) in [6.45, 7) is 3.57. The highest BCUT2D eigenvalue weighted by Crippen LogP contribution is 2.34. The number of hydrogen-bond donors (Lipinski definition) is 0. The van der Waals surface area contributed by atoms with E-state index in [1.54, 1.807) is 50.2 Å². The molecule has 0 atom stereocenters. The molecule has 42 heavy (non-hydrogen) atoms. The van der Waals surface area contributed by atoms with Gasteiger partial charge in [0.2, 0.25) is 0 Å². The number of rotatable bonds is 7. The number of esters is 1. The van der Waals surface area contributed by atoms with Crippen molar-refractivity contribution in [2.45, 2.75) is 23.6 Å². The maximum absolute atomic E-state index is 14.0. The Hall–Kier alpha value is -4.74. The summed E-state index contributed by atoms with van der Waals surface area (Å²) in [5.41, 5.74) is 1.73. The van der Waals surface area contributed by atoms with Gasteiger partial charge in [-0.1, -0.05) is 47.5 Å². The molecule has 0 amide bonds. The zero-order valence-corrected chi connectivity index (χ0v) is 24.4. The van der Waals surface area contributed by atoms with Gasteiger partial charge in [0.25, 0.3) is 20.0 Å². The number of methoxy groups -OCH3 is 1. The van der Waals surface area contributed by atoms with Gasteiger partial charge >= 0.3 is 11.6 Å². The normalized spacial score (nSPS) is 11.8. The van der Waals surface area contributed by atoms with Crippen LogP contribution in [0.2, 0.25) is 0 Å². The second kappa shape index (κ2) is 10.9. The van der Waals surface area contributed by atoms with Gasteiger partial charge in [-0.15, -0.1) is 0 Å². The van der Waals surface area contributed by atoms with Gasteiger partial charge in [0, 0.05) is 5.39 Å². The van der Waals surface area contributed by atoms with E-state index in [2.05, 4.69) is 0 Å². The summed E-state index contributed by atoms with van der Waals surface area (Å²) in [6.07, 6.45) is 0. The lowest BCUT2D eigenvalue weighted by atomic mass is 10.0. The highest BCUT2D eigenvalue weighted by atomic mass is 32.3. The molecular weight excluding hydrogens is 578 g/mol. The van der Waals surface area contributed by atoms with Crippen molar-refractivity contribution in [3.8, 4) is 11.1 Å². The standard InChI is InChI=1S/C31H25NO8S2/c1-20-4-13-26(14-5-20)41(35,36)32(42(37,38)27-15-6-21(2)7-16-27)25-12-17-29-24(18-25)19-28(31(34)40-29)22-8-10-23(11-9-22)30(33)39-3/h4-19H,1-3H3. The third-order valence-corrected chi connectivity index (χ3v) is 10.8. The maximum atomic E-state index is 14.0. The molecule has 0 aliphatic rings. The Morgan fingerprint density at radius 3 is 1.74 bits per heavy atom. The summed E-state index contributed by atoms with van der Waals surface area (Å²) < 4.78 is 66.4. The minimum atomic E-state index is -4.63. The van der Waals surface area contributed by atoms with Crippen LogP contribution >= 0.6 is 0 Å². The molecule has 0 aliphatic heterocycles. The quantitative estimate of drug-likeness (QED) is 0.178. The summed E-state index contributed by atoms with van der Waals surface area (Å²) in [6, 6.07) is 23.2. The van der Waals surface area contributed by atoms with E-state index in [4.69, 9.17) is 9.15 Å². The van der Waals surface area contributed by atoms with Gasteiger partial charge in [-0.3, -0.25) is 0 Å². The molecular formula is C31H25NO8S2. The molecule has 214 valence electrons. The van der Waals surface area contributed by atoms with Gasteiger partial charge in [0.05, 0.1) is 33.7 Å². The second-order valence-corrected chi connectivity index (χ2v) is 13.4. The van der Waals surface area contributed by atoms with Crippen molar-refractivity contribution in [1.29, 1.82) is 0 Å². The number of sulfonamides is 2. The molecule has 4 aromatic carbocycles. The average Bonchev–Trinajstić information content (AvgIpc) is 2.97. The third-order valence-electron chi connectivity index (χ3n) is 6.62.